The third-order valence-electron chi connectivity index (χ3n) is 3.76. The second kappa shape index (κ2) is 2.94. The number of rotatable bonds is 0. The Bertz CT molecular complexity index is 177. The van der Waals surface area contributed by atoms with E-state index in [1.807, 2.05) is 0 Å². The molecule has 1 aliphatic carbocycles. The van der Waals surface area contributed by atoms with Gasteiger partial charge >= 0.3 is 0 Å². The van der Waals surface area contributed by atoms with E-state index in [1.165, 1.54) is 19.3 Å². The van der Waals surface area contributed by atoms with Gasteiger partial charge in [-0.1, -0.05) is 6.42 Å². The summed E-state index contributed by atoms with van der Waals surface area (Å²) in [6, 6.07) is 0. The van der Waals surface area contributed by atoms with Crippen LogP contribution in [0.1, 0.15) is 19.3 Å². The molecule has 0 amide bonds. The molecule has 74 valence electrons. The fourth-order valence-corrected chi connectivity index (χ4v) is 3.18. The highest BCUT2D eigenvalue weighted by Gasteiger charge is 2.53. The molecule has 2 saturated heterocycles. The second-order valence-corrected chi connectivity index (χ2v) is 4.40. The van der Waals surface area contributed by atoms with Crippen LogP contribution in [0.3, 0.4) is 0 Å². The summed E-state index contributed by atoms with van der Waals surface area (Å²) >= 11 is 0. The molecular formula is C10H17NO2. The molecule has 1 saturated carbocycles. The minimum absolute atomic E-state index is 0.177. The van der Waals surface area contributed by atoms with Gasteiger partial charge in [0.05, 0.1) is 13.2 Å². The van der Waals surface area contributed by atoms with Crippen molar-refractivity contribution in [2.75, 3.05) is 26.3 Å². The van der Waals surface area contributed by atoms with Crippen molar-refractivity contribution < 1.29 is 9.47 Å². The van der Waals surface area contributed by atoms with E-state index in [4.69, 9.17) is 9.47 Å². The maximum atomic E-state index is 5.89. The van der Waals surface area contributed by atoms with E-state index < -0.39 is 0 Å². The third kappa shape index (κ3) is 1.07. The Morgan fingerprint density at radius 3 is 2.23 bits per heavy atom. The van der Waals surface area contributed by atoms with Gasteiger partial charge in [0.15, 0.2) is 5.79 Å². The molecule has 0 aromatic rings. The van der Waals surface area contributed by atoms with Crippen molar-refractivity contribution >= 4 is 0 Å². The number of piperidine rings is 1. The fraction of sp³-hybridized carbons (Fsp3) is 1.00. The van der Waals surface area contributed by atoms with E-state index in [-0.39, 0.29) is 5.79 Å². The Kier molecular flexibility index (Phi) is 1.86. The lowest BCUT2D eigenvalue weighted by Gasteiger charge is -2.49. The molecule has 3 fully saturated rings. The average molecular weight is 183 g/mol. The Morgan fingerprint density at radius 2 is 1.62 bits per heavy atom. The normalized spacial score (nSPS) is 42.5. The molecule has 13 heavy (non-hydrogen) atoms. The van der Waals surface area contributed by atoms with E-state index in [2.05, 4.69) is 5.32 Å². The zero-order valence-corrected chi connectivity index (χ0v) is 7.92. The van der Waals surface area contributed by atoms with Crippen LogP contribution in [0.15, 0.2) is 0 Å². The Morgan fingerprint density at radius 1 is 1.00 bits per heavy atom. The molecule has 3 rings (SSSR count). The highest BCUT2D eigenvalue weighted by molar-refractivity contribution is 4.98. The molecule has 2 bridgehead atoms. The highest BCUT2D eigenvalue weighted by atomic mass is 16.7. The number of hydrogen-bond acceptors (Lipinski definition) is 3. The maximum Gasteiger partial charge on any atom is 0.176 e. The number of ether oxygens (including phenoxy) is 2. The van der Waals surface area contributed by atoms with Crippen molar-refractivity contribution in [3.8, 4) is 0 Å². The molecule has 2 atom stereocenters. The highest BCUT2D eigenvalue weighted by Crippen LogP contribution is 2.45. The molecule has 0 aromatic heterocycles. The predicted octanol–water partition coefficient (Wildman–Crippen LogP) is 0.749. The van der Waals surface area contributed by atoms with Crippen molar-refractivity contribution in [3.63, 3.8) is 0 Å². The molecule has 1 N–H and O–H groups in total. The van der Waals surface area contributed by atoms with Crippen molar-refractivity contribution in [1.29, 1.82) is 0 Å². The van der Waals surface area contributed by atoms with E-state index >= 15 is 0 Å². The van der Waals surface area contributed by atoms with Crippen LogP contribution in [-0.4, -0.2) is 32.1 Å². The molecule has 0 radical (unpaired) electrons. The van der Waals surface area contributed by atoms with Crippen LogP contribution in [0, 0.1) is 11.8 Å². The van der Waals surface area contributed by atoms with Crippen molar-refractivity contribution in [2.45, 2.75) is 25.0 Å². The maximum absolute atomic E-state index is 5.89. The Hall–Kier alpha value is -0.120. The summed E-state index contributed by atoms with van der Waals surface area (Å²) in [6.07, 6.45) is 3.89. The number of nitrogens with one attached hydrogen (secondary N) is 1. The van der Waals surface area contributed by atoms with Gasteiger partial charge in [-0.15, -0.1) is 0 Å². The Labute approximate surface area is 78.8 Å². The van der Waals surface area contributed by atoms with Crippen LogP contribution in [0.5, 0.6) is 0 Å². The lowest BCUT2D eigenvalue weighted by atomic mass is 9.73. The zero-order valence-electron chi connectivity index (χ0n) is 7.92. The summed E-state index contributed by atoms with van der Waals surface area (Å²) < 4.78 is 11.8. The second-order valence-electron chi connectivity index (χ2n) is 4.40. The molecular weight excluding hydrogens is 166 g/mol. The van der Waals surface area contributed by atoms with Gasteiger partial charge in [-0.05, 0) is 12.8 Å². The lowest BCUT2D eigenvalue weighted by Crippen LogP contribution is -2.59. The van der Waals surface area contributed by atoms with Gasteiger partial charge in [-0.3, -0.25) is 0 Å². The summed E-state index contributed by atoms with van der Waals surface area (Å²) in [4.78, 5) is 0. The topological polar surface area (TPSA) is 30.5 Å². The van der Waals surface area contributed by atoms with Crippen LogP contribution in [0.25, 0.3) is 0 Å². The predicted molar refractivity (Wildman–Crippen MR) is 48.3 cm³/mol. The quantitative estimate of drug-likeness (QED) is 0.601. The monoisotopic (exact) mass is 183 g/mol. The first kappa shape index (κ1) is 8.21. The first-order valence-electron chi connectivity index (χ1n) is 5.40. The fourth-order valence-electron chi connectivity index (χ4n) is 3.18. The van der Waals surface area contributed by atoms with Crippen molar-refractivity contribution in [3.05, 3.63) is 0 Å². The standard InChI is InChI=1S/C10H17NO2/c1-2-8-6-11-7-9(3-1)10(8)12-4-5-13-10/h8-9,11H,1-7H2. The molecule has 2 heterocycles. The molecule has 2 unspecified atom stereocenters. The van der Waals surface area contributed by atoms with Crippen molar-refractivity contribution in [2.24, 2.45) is 11.8 Å². The smallest absolute Gasteiger partial charge is 0.176 e. The summed E-state index contributed by atoms with van der Waals surface area (Å²) in [5, 5.41) is 3.48. The van der Waals surface area contributed by atoms with Gasteiger partial charge in [0.1, 0.15) is 0 Å². The van der Waals surface area contributed by atoms with Crippen LogP contribution in [-0.2, 0) is 9.47 Å². The third-order valence-corrected chi connectivity index (χ3v) is 3.76. The number of hydrogen-bond donors (Lipinski definition) is 1. The molecule has 0 aromatic carbocycles. The van der Waals surface area contributed by atoms with Gasteiger partial charge in [0.25, 0.3) is 0 Å². The van der Waals surface area contributed by atoms with Crippen LogP contribution < -0.4 is 5.32 Å². The van der Waals surface area contributed by atoms with Gasteiger partial charge in [0.2, 0.25) is 0 Å². The minimum atomic E-state index is -0.177. The molecule has 1 spiro atoms. The zero-order chi connectivity index (χ0) is 8.73. The Balaban J connectivity index is 1.90. The van der Waals surface area contributed by atoms with E-state index in [9.17, 15) is 0 Å². The van der Waals surface area contributed by atoms with Gasteiger partial charge in [-0.2, -0.15) is 0 Å². The summed E-state index contributed by atoms with van der Waals surface area (Å²) in [5.41, 5.74) is 0. The van der Waals surface area contributed by atoms with Crippen LogP contribution in [0.2, 0.25) is 0 Å². The first-order valence-corrected chi connectivity index (χ1v) is 5.40. The van der Waals surface area contributed by atoms with E-state index in [0.717, 1.165) is 26.3 Å². The molecule has 3 nitrogen and oxygen atoms in total. The van der Waals surface area contributed by atoms with E-state index in [0.29, 0.717) is 11.8 Å². The average Bonchev–Trinajstić information content (AvgIpc) is 2.53. The molecule has 3 aliphatic rings. The van der Waals surface area contributed by atoms with E-state index in [1.54, 1.807) is 0 Å². The molecule has 3 heteroatoms. The summed E-state index contributed by atoms with van der Waals surface area (Å²) in [7, 11) is 0. The minimum Gasteiger partial charge on any atom is -0.347 e. The SMILES string of the molecule is C1CC2CNCC(C1)C21OCCO1. The lowest BCUT2D eigenvalue weighted by molar-refractivity contribution is -0.253. The first-order chi connectivity index (χ1) is 6.42. The van der Waals surface area contributed by atoms with Crippen LogP contribution >= 0.6 is 0 Å². The van der Waals surface area contributed by atoms with Crippen LogP contribution in [0.4, 0.5) is 0 Å². The van der Waals surface area contributed by atoms with Crippen molar-refractivity contribution in [1.82, 2.24) is 5.32 Å². The van der Waals surface area contributed by atoms with Gasteiger partial charge in [0, 0.05) is 24.9 Å². The summed E-state index contributed by atoms with van der Waals surface area (Å²) in [6.45, 7) is 3.76. The van der Waals surface area contributed by atoms with Gasteiger partial charge in [-0.25, -0.2) is 0 Å². The molecule has 2 aliphatic heterocycles. The van der Waals surface area contributed by atoms with Gasteiger partial charge < -0.3 is 14.8 Å². The largest absolute Gasteiger partial charge is 0.347 e. The summed E-state index contributed by atoms with van der Waals surface area (Å²) in [5.74, 6) is 1.02.